The summed E-state index contributed by atoms with van der Waals surface area (Å²) in [5.41, 5.74) is 0.744. The number of rotatable bonds is 7. The summed E-state index contributed by atoms with van der Waals surface area (Å²) in [7, 11) is 0. The van der Waals surface area contributed by atoms with Crippen LogP contribution >= 0.6 is 0 Å². The van der Waals surface area contributed by atoms with Gasteiger partial charge in [-0.1, -0.05) is 30.3 Å². The Morgan fingerprint density at radius 3 is 2.48 bits per heavy atom. The van der Waals surface area contributed by atoms with E-state index in [2.05, 4.69) is 36.1 Å². The number of ether oxygens (including phenoxy) is 1. The summed E-state index contributed by atoms with van der Waals surface area (Å²) in [6.45, 7) is 4.86. The fraction of sp³-hybridized carbons (Fsp3) is 0.526. The maximum atomic E-state index is 12.8. The van der Waals surface area contributed by atoms with E-state index in [9.17, 15) is 4.79 Å². The molecule has 1 heterocycles. The van der Waals surface area contributed by atoms with Crippen molar-refractivity contribution in [3.8, 4) is 12.1 Å². The highest BCUT2D eigenvalue weighted by molar-refractivity contribution is 5.78. The molecule has 1 amide bonds. The average molecular weight is 340 g/mol. The van der Waals surface area contributed by atoms with Gasteiger partial charge in [0.15, 0.2) is 0 Å². The van der Waals surface area contributed by atoms with Gasteiger partial charge in [-0.3, -0.25) is 9.69 Å². The van der Waals surface area contributed by atoms with Gasteiger partial charge in [0.1, 0.15) is 0 Å². The number of amides is 1. The predicted molar refractivity (Wildman–Crippen MR) is 93.2 cm³/mol. The zero-order valence-electron chi connectivity index (χ0n) is 14.6. The maximum absolute atomic E-state index is 12.8. The molecule has 0 aliphatic carbocycles. The highest BCUT2D eigenvalue weighted by Crippen LogP contribution is 2.31. The molecule has 1 aliphatic rings. The second-order valence-electron chi connectivity index (χ2n) is 6.31. The van der Waals surface area contributed by atoms with Crippen LogP contribution in [0.3, 0.4) is 0 Å². The van der Waals surface area contributed by atoms with Crippen molar-refractivity contribution in [2.45, 2.75) is 25.3 Å². The molecule has 132 valence electrons. The molecule has 0 radical (unpaired) electrons. The van der Waals surface area contributed by atoms with E-state index >= 15 is 0 Å². The Hall–Kier alpha value is -2.41. The van der Waals surface area contributed by atoms with E-state index < -0.39 is 0 Å². The van der Waals surface area contributed by atoms with Crippen molar-refractivity contribution in [2.24, 2.45) is 0 Å². The smallest absolute Gasteiger partial charge is 0.236 e. The van der Waals surface area contributed by atoms with Crippen molar-refractivity contribution < 1.29 is 9.53 Å². The quantitative estimate of drug-likeness (QED) is 0.757. The van der Waals surface area contributed by atoms with Crippen LogP contribution in [-0.4, -0.2) is 55.1 Å². The Morgan fingerprint density at radius 2 is 1.88 bits per heavy atom. The van der Waals surface area contributed by atoms with Crippen LogP contribution in [0.25, 0.3) is 0 Å². The fourth-order valence-electron chi connectivity index (χ4n) is 3.09. The first-order valence-electron chi connectivity index (χ1n) is 8.52. The summed E-state index contributed by atoms with van der Waals surface area (Å²) in [5.74, 6) is -0.0467. The molecule has 2 rings (SSSR count). The van der Waals surface area contributed by atoms with Gasteiger partial charge in [-0.15, -0.1) is 0 Å². The number of carbonyl (C=O) groups excluding carboxylic acids is 1. The Kier molecular flexibility index (Phi) is 6.94. The van der Waals surface area contributed by atoms with Gasteiger partial charge in [-0.05, 0) is 12.5 Å². The molecule has 0 aromatic heterocycles. The fourth-order valence-corrected chi connectivity index (χ4v) is 3.09. The topological polar surface area (TPSA) is 80.4 Å². The molecule has 1 aliphatic heterocycles. The normalized spacial score (nSPS) is 20.4. The second kappa shape index (κ2) is 9.17. The van der Waals surface area contributed by atoms with Crippen molar-refractivity contribution in [1.29, 1.82) is 10.5 Å². The summed E-state index contributed by atoms with van der Waals surface area (Å²) < 4.78 is 5.69. The molecule has 1 aromatic rings. The molecule has 0 bridgehead atoms. The number of nitrogens with zero attached hydrogens (tertiary/aromatic N) is 4. The average Bonchev–Trinajstić information content (AvgIpc) is 2.64. The largest absolute Gasteiger partial charge is 0.378 e. The molecule has 1 aromatic carbocycles. The molecule has 1 atom stereocenters. The zero-order chi connectivity index (χ0) is 18.1. The number of hydrogen-bond acceptors (Lipinski definition) is 5. The lowest BCUT2D eigenvalue weighted by atomic mass is 9.89. The van der Waals surface area contributed by atoms with Crippen LogP contribution in [0.4, 0.5) is 0 Å². The summed E-state index contributed by atoms with van der Waals surface area (Å²) in [5, 5.41) is 17.6. The van der Waals surface area contributed by atoms with Crippen molar-refractivity contribution in [3.05, 3.63) is 35.9 Å². The molecule has 0 spiro atoms. The van der Waals surface area contributed by atoms with Gasteiger partial charge in [-0.25, -0.2) is 0 Å². The minimum Gasteiger partial charge on any atom is -0.378 e. The van der Waals surface area contributed by atoms with E-state index in [1.165, 1.54) is 0 Å². The van der Waals surface area contributed by atoms with E-state index in [1.807, 2.05) is 18.2 Å². The van der Waals surface area contributed by atoms with Crippen LogP contribution in [0.2, 0.25) is 0 Å². The molecular weight excluding hydrogens is 316 g/mol. The Bertz CT molecular complexity index is 632. The summed E-state index contributed by atoms with van der Waals surface area (Å²) in [6.07, 6.45) is 0.548. The SMILES string of the molecule is C[C@@]1(c2ccccc2)COCCN1CC(=O)N(CCC#N)CCC#N. The van der Waals surface area contributed by atoms with Crippen LogP contribution in [0.15, 0.2) is 30.3 Å². The third kappa shape index (κ3) is 4.79. The van der Waals surface area contributed by atoms with Crippen LogP contribution in [0.5, 0.6) is 0 Å². The Balaban J connectivity index is 2.13. The first-order chi connectivity index (χ1) is 12.1. The first kappa shape index (κ1) is 18.9. The van der Waals surface area contributed by atoms with E-state index in [4.69, 9.17) is 15.3 Å². The van der Waals surface area contributed by atoms with E-state index in [-0.39, 0.29) is 30.8 Å². The van der Waals surface area contributed by atoms with Gasteiger partial charge in [0.2, 0.25) is 5.91 Å². The first-order valence-corrected chi connectivity index (χ1v) is 8.52. The molecule has 1 saturated heterocycles. The summed E-state index contributed by atoms with van der Waals surface area (Å²) in [4.78, 5) is 16.5. The predicted octanol–water partition coefficient (Wildman–Crippen LogP) is 1.89. The molecule has 1 fully saturated rings. The van der Waals surface area contributed by atoms with Gasteiger partial charge in [-0.2, -0.15) is 10.5 Å². The zero-order valence-corrected chi connectivity index (χ0v) is 14.6. The van der Waals surface area contributed by atoms with Crippen LogP contribution in [0, 0.1) is 22.7 Å². The molecule has 0 N–H and O–H groups in total. The number of morpholine rings is 1. The van der Waals surface area contributed by atoms with Gasteiger partial charge in [0, 0.05) is 19.6 Å². The lowest BCUT2D eigenvalue weighted by molar-refractivity contribution is -0.138. The molecule has 25 heavy (non-hydrogen) atoms. The maximum Gasteiger partial charge on any atom is 0.236 e. The molecular formula is C19H24N4O2. The van der Waals surface area contributed by atoms with Crippen LogP contribution in [-0.2, 0) is 15.1 Å². The number of hydrogen-bond donors (Lipinski definition) is 0. The Morgan fingerprint density at radius 1 is 1.24 bits per heavy atom. The monoisotopic (exact) mass is 340 g/mol. The highest BCUT2D eigenvalue weighted by atomic mass is 16.5. The third-order valence-electron chi connectivity index (χ3n) is 4.65. The lowest BCUT2D eigenvalue weighted by Crippen LogP contribution is -2.56. The third-order valence-corrected chi connectivity index (χ3v) is 4.65. The molecule has 0 unspecified atom stereocenters. The van der Waals surface area contributed by atoms with Crippen molar-refractivity contribution in [1.82, 2.24) is 9.80 Å². The number of nitriles is 2. The van der Waals surface area contributed by atoms with E-state index in [0.717, 1.165) is 5.56 Å². The van der Waals surface area contributed by atoms with E-state index in [1.54, 1.807) is 4.90 Å². The van der Waals surface area contributed by atoms with Crippen LogP contribution < -0.4 is 0 Å². The molecule has 0 saturated carbocycles. The highest BCUT2D eigenvalue weighted by Gasteiger charge is 2.38. The standard InChI is InChI=1S/C19H24N4O2/c1-19(17-7-3-2-4-8-17)16-25-14-13-23(19)15-18(24)22(11-5-9-20)12-6-10-21/h2-4,7-8H,5-6,11-16H2,1H3/t19-/m0/s1. The van der Waals surface area contributed by atoms with Crippen molar-refractivity contribution in [3.63, 3.8) is 0 Å². The van der Waals surface area contributed by atoms with Gasteiger partial charge in [0.05, 0.1) is 50.3 Å². The van der Waals surface area contributed by atoms with E-state index in [0.29, 0.717) is 32.8 Å². The van der Waals surface area contributed by atoms with Gasteiger partial charge in [0.25, 0.3) is 0 Å². The van der Waals surface area contributed by atoms with Crippen LogP contribution in [0.1, 0.15) is 25.3 Å². The van der Waals surface area contributed by atoms with Gasteiger partial charge >= 0.3 is 0 Å². The van der Waals surface area contributed by atoms with Crippen molar-refractivity contribution in [2.75, 3.05) is 39.4 Å². The van der Waals surface area contributed by atoms with Gasteiger partial charge < -0.3 is 9.64 Å². The molecule has 6 nitrogen and oxygen atoms in total. The number of benzene rings is 1. The second-order valence-corrected chi connectivity index (χ2v) is 6.31. The number of carbonyl (C=O) groups is 1. The minimum absolute atomic E-state index is 0.0467. The summed E-state index contributed by atoms with van der Waals surface area (Å²) >= 11 is 0. The Labute approximate surface area is 149 Å². The summed E-state index contributed by atoms with van der Waals surface area (Å²) in [6, 6.07) is 14.2. The lowest BCUT2D eigenvalue weighted by Gasteiger charge is -2.45. The molecule has 6 heteroatoms. The minimum atomic E-state index is -0.370. The van der Waals surface area contributed by atoms with Crippen molar-refractivity contribution >= 4 is 5.91 Å².